The highest BCUT2D eigenvalue weighted by Gasteiger charge is 2.84. The van der Waals surface area contributed by atoms with E-state index in [0.29, 0.717) is 20.3 Å². The molecule has 40 heavy (non-hydrogen) atoms. The Morgan fingerprint density at radius 1 is 0.725 bits per heavy atom. The highest BCUT2D eigenvalue weighted by atomic mass is 19.4. The second-order valence-electron chi connectivity index (χ2n) is 10.4. The van der Waals surface area contributed by atoms with Gasteiger partial charge in [-0.3, -0.25) is 0 Å². The SMILES string of the molecule is CC(C)CC(C)NC(=O)NCC(F)C(C)(C)OC(F)(F)C(F)(C(F)(F)F)C(C)(C)OC(F)(F)C(F)(F)C(F)(F)F. The zero-order valence-electron chi connectivity index (χ0n) is 22.2. The van der Waals surface area contributed by atoms with Crippen molar-refractivity contribution in [3.8, 4) is 0 Å². The molecule has 0 aromatic carbocycles. The highest BCUT2D eigenvalue weighted by Crippen LogP contribution is 2.57. The number of urea groups is 1. The quantitative estimate of drug-likeness (QED) is 0.212. The van der Waals surface area contributed by atoms with Crippen LogP contribution in [0.3, 0.4) is 0 Å². The normalized spacial score (nSPS) is 17.9. The zero-order chi connectivity index (χ0) is 32.6. The van der Waals surface area contributed by atoms with Gasteiger partial charge < -0.3 is 20.1 Å². The lowest BCUT2D eigenvalue weighted by Crippen LogP contribution is -2.72. The summed E-state index contributed by atoms with van der Waals surface area (Å²) in [4.78, 5) is 11.8. The maximum atomic E-state index is 15.2. The summed E-state index contributed by atoms with van der Waals surface area (Å²) in [6, 6.07) is -1.51. The molecule has 3 atom stereocenters. The largest absolute Gasteiger partial charge is 0.462 e. The van der Waals surface area contributed by atoms with Crippen LogP contribution in [0.1, 0.15) is 54.9 Å². The maximum absolute atomic E-state index is 15.2. The summed E-state index contributed by atoms with van der Waals surface area (Å²) in [6.07, 6.45) is -30.1. The van der Waals surface area contributed by atoms with Crippen molar-refractivity contribution in [2.45, 2.75) is 114 Å². The smallest absolute Gasteiger partial charge is 0.336 e. The summed E-state index contributed by atoms with van der Waals surface area (Å²) < 4.78 is 198. The Balaban J connectivity index is 6.14. The Labute approximate surface area is 220 Å². The molecule has 0 aromatic heterocycles. The molecule has 0 radical (unpaired) electrons. The van der Waals surface area contributed by atoms with E-state index in [-0.39, 0.29) is 5.92 Å². The number of rotatable bonds is 13. The summed E-state index contributed by atoms with van der Waals surface area (Å²) in [5, 5.41) is 4.19. The third-order valence-electron chi connectivity index (χ3n) is 5.52. The molecule has 2 N–H and O–H groups in total. The Hall–Kier alpha value is -1.79. The average Bonchev–Trinajstić information content (AvgIpc) is 2.66. The standard InChI is InChI=1S/C21H30F14N2O3/c1-10(2)8-11(3)37-13(38)36-9-12(22)14(4,5)39-20(32,33)16(23,18(26,27)28)15(6,7)40-21(34,35)17(24,25)19(29,30)31/h10-12H,8-9H2,1-7H3,(H2,36,37,38). The maximum Gasteiger partial charge on any atom is 0.462 e. The van der Waals surface area contributed by atoms with Crippen LogP contribution in [-0.2, 0) is 9.47 Å². The highest BCUT2D eigenvalue weighted by molar-refractivity contribution is 5.74. The minimum absolute atomic E-state index is 0.112. The molecule has 0 aromatic rings. The number of nitrogens with one attached hydrogen (secondary N) is 2. The molecule has 0 aliphatic heterocycles. The first kappa shape index (κ1) is 38.2. The Morgan fingerprint density at radius 2 is 1.18 bits per heavy atom. The van der Waals surface area contributed by atoms with E-state index in [1.165, 1.54) is 0 Å². The molecule has 0 bridgehead atoms. The molecule has 0 heterocycles. The molecule has 0 rings (SSSR count). The average molecular weight is 624 g/mol. The fourth-order valence-electron chi connectivity index (χ4n) is 3.41. The van der Waals surface area contributed by atoms with Crippen molar-refractivity contribution < 1.29 is 75.7 Å². The first-order chi connectivity index (χ1) is 17.3. The van der Waals surface area contributed by atoms with Gasteiger partial charge in [0, 0.05) is 6.04 Å². The summed E-state index contributed by atoms with van der Waals surface area (Å²) in [5.41, 5.74) is -14.7. The van der Waals surface area contributed by atoms with E-state index in [9.17, 15) is 61.9 Å². The number of hydrogen-bond acceptors (Lipinski definition) is 3. The monoisotopic (exact) mass is 624 g/mol. The molecule has 0 fully saturated rings. The van der Waals surface area contributed by atoms with E-state index in [4.69, 9.17) is 0 Å². The van der Waals surface area contributed by atoms with Gasteiger partial charge in [0.15, 0.2) is 0 Å². The van der Waals surface area contributed by atoms with Gasteiger partial charge in [-0.2, -0.15) is 52.7 Å². The van der Waals surface area contributed by atoms with Crippen LogP contribution in [0, 0.1) is 5.92 Å². The minimum atomic E-state index is -7.26. The molecule has 240 valence electrons. The third-order valence-corrected chi connectivity index (χ3v) is 5.52. The van der Waals surface area contributed by atoms with Gasteiger partial charge in [-0.05, 0) is 47.0 Å². The third kappa shape index (κ3) is 8.15. The van der Waals surface area contributed by atoms with Crippen LogP contribution in [0.4, 0.5) is 66.3 Å². The van der Waals surface area contributed by atoms with Crippen molar-refractivity contribution >= 4 is 6.03 Å². The number of carbonyl (C=O) groups excluding carboxylic acids is 1. The molecule has 3 unspecified atom stereocenters. The van der Waals surface area contributed by atoms with Gasteiger partial charge in [0.2, 0.25) is 0 Å². The predicted molar refractivity (Wildman–Crippen MR) is 111 cm³/mol. The van der Waals surface area contributed by atoms with Crippen LogP contribution >= 0.6 is 0 Å². The van der Waals surface area contributed by atoms with E-state index < -0.39 is 86.0 Å². The van der Waals surface area contributed by atoms with E-state index in [0.717, 1.165) is 0 Å². The van der Waals surface area contributed by atoms with Crippen LogP contribution in [0.25, 0.3) is 0 Å². The Bertz CT molecular complexity index is 859. The van der Waals surface area contributed by atoms with Gasteiger partial charge in [-0.1, -0.05) is 13.8 Å². The predicted octanol–water partition coefficient (Wildman–Crippen LogP) is 7.30. The van der Waals surface area contributed by atoms with Crippen LogP contribution in [0.5, 0.6) is 0 Å². The lowest BCUT2D eigenvalue weighted by Gasteiger charge is -2.47. The van der Waals surface area contributed by atoms with Crippen molar-refractivity contribution in [2.75, 3.05) is 6.54 Å². The van der Waals surface area contributed by atoms with Crippen LogP contribution in [0.2, 0.25) is 0 Å². The molecule has 0 aliphatic rings. The summed E-state index contributed by atoms with van der Waals surface area (Å²) in [7, 11) is 0. The Morgan fingerprint density at radius 3 is 1.55 bits per heavy atom. The lowest BCUT2D eigenvalue weighted by molar-refractivity contribution is -0.485. The van der Waals surface area contributed by atoms with Gasteiger partial charge in [-0.15, -0.1) is 0 Å². The van der Waals surface area contributed by atoms with Gasteiger partial charge in [0.25, 0.3) is 0 Å². The second kappa shape index (κ2) is 11.8. The number of alkyl halides is 14. The van der Waals surface area contributed by atoms with E-state index in [1.807, 2.05) is 5.32 Å². The lowest BCUT2D eigenvalue weighted by atomic mass is 9.84. The zero-order valence-corrected chi connectivity index (χ0v) is 22.2. The van der Waals surface area contributed by atoms with Gasteiger partial charge in [0.1, 0.15) is 17.4 Å². The number of hydrogen-bond donors (Lipinski definition) is 2. The summed E-state index contributed by atoms with van der Waals surface area (Å²) in [6.45, 7) is 3.39. The molecule has 5 nitrogen and oxygen atoms in total. The van der Waals surface area contributed by atoms with Crippen molar-refractivity contribution in [3.63, 3.8) is 0 Å². The Kier molecular flexibility index (Phi) is 11.3. The van der Waals surface area contributed by atoms with Crippen molar-refractivity contribution in [3.05, 3.63) is 0 Å². The van der Waals surface area contributed by atoms with E-state index >= 15 is 4.39 Å². The molecule has 0 saturated carbocycles. The summed E-state index contributed by atoms with van der Waals surface area (Å²) in [5.74, 6) is -7.15. The fraction of sp³-hybridized carbons (Fsp3) is 0.952. The topological polar surface area (TPSA) is 59.6 Å². The van der Waals surface area contributed by atoms with Crippen LogP contribution in [-0.4, -0.2) is 72.2 Å². The van der Waals surface area contributed by atoms with Crippen molar-refractivity contribution in [2.24, 2.45) is 5.92 Å². The second-order valence-corrected chi connectivity index (χ2v) is 10.4. The molecular weight excluding hydrogens is 594 g/mol. The first-order valence-corrected chi connectivity index (χ1v) is 11.3. The number of amides is 2. The molecule has 2 amide bonds. The molecule has 0 aliphatic carbocycles. The van der Waals surface area contributed by atoms with Crippen LogP contribution in [0.15, 0.2) is 0 Å². The first-order valence-electron chi connectivity index (χ1n) is 11.3. The van der Waals surface area contributed by atoms with Gasteiger partial charge >= 0.3 is 42.2 Å². The van der Waals surface area contributed by atoms with E-state index in [1.54, 1.807) is 20.8 Å². The van der Waals surface area contributed by atoms with Crippen LogP contribution < -0.4 is 10.6 Å². The minimum Gasteiger partial charge on any atom is -0.336 e. The molecular formula is C21H30F14N2O3. The van der Waals surface area contributed by atoms with Gasteiger partial charge in [-0.25, -0.2) is 13.6 Å². The van der Waals surface area contributed by atoms with E-state index in [2.05, 4.69) is 14.8 Å². The van der Waals surface area contributed by atoms with Crippen molar-refractivity contribution in [1.29, 1.82) is 0 Å². The molecule has 0 spiro atoms. The molecule has 0 saturated heterocycles. The molecule has 19 heteroatoms. The fourth-order valence-corrected chi connectivity index (χ4v) is 3.41. The van der Waals surface area contributed by atoms with Crippen molar-refractivity contribution in [1.82, 2.24) is 10.6 Å². The van der Waals surface area contributed by atoms with Gasteiger partial charge in [0.05, 0.1) is 6.54 Å². The number of halogens is 14. The summed E-state index contributed by atoms with van der Waals surface area (Å²) >= 11 is 0. The number of carbonyl (C=O) groups is 1. The number of ether oxygens (including phenoxy) is 2.